The maximum absolute atomic E-state index is 12.3. The van der Waals surface area contributed by atoms with Crippen LogP contribution in [0.1, 0.15) is 16.7 Å². The first-order valence-electron chi connectivity index (χ1n) is 8.94. The summed E-state index contributed by atoms with van der Waals surface area (Å²) in [4.78, 5) is 16.7. The Labute approximate surface area is 209 Å². The molecule has 0 amide bonds. The molecule has 150 valence electrons. The summed E-state index contributed by atoms with van der Waals surface area (Å²) in [5.41, 5.74) is 2.99. The minimum absolute atomic E-state index is 0.273. The van der Waals surface area contributed by atoms with Gasteiger partial charge in [-0.15, -0.1) is 0 Å². The first-order chi connectivity index (χ1) is 14.5. The predicted molar refractivity (Wildman–Crippen MR) is 137 cm³/mol. The Hall–Kier alpha value is -1.72. The molecule has 0 bridgehead atoms. The van der Waals surface area contributed by atoms with Crippen LogP contribution >= 0.6 is 61.1 Å². The van der Waals surface area contributed by atoms with Crippen LogP contribution in [-0.4, -0.2) is 11.9 Å². The van der Waals surface area contributed by atoms with E-state index in [4.69, 9.17) is 9.47 Å². The molecule has 7 heteroatoms. The van der Waals surface area contributed by atoms with Gasteiger partial charge in [-0.2, -0.15) is 0 Å². The van der Waals surface area contributed by atoms with Crippen molar-refractivity contribution in [2.45, 2.75) is 6.61 Å². The minimum Gasteiger partial charge on any atom is -0.487 e. The number of carbonyl (C=O) groups is 1. The number of ether oxygens (including phenoxy) is 2. The predicted octanol–water partition coefficient (Wildman–Crippen LogP) is 6.58. The molecule has 0 N–H and O–H groups in total. The number of rotatable bonds is 5. The molecular formula is C23H14BrI2NO3. The Balaban J connectivity index is 1.57. The Kier molecular flexibility index (Phi) is 6.89. The molecule has 3 aromatic carbocycles. The lowest BCUT2D eigenvalue weighted by atomic mass is 10.2. The molecule has 0 aromatic heterocycles. The maximum atomic E-state index is 12.3. The zero-order valence-electron chi connectivity index (χ0n) is 15.4. The highest BCUT2D eigenvalue weighted by atomic mass is 127. The van der Waals surface area contributed by atoms with E-state index >= 15 is 0 Å². The molecule has 0 spiro atoms. The van der Waals surface area contributed by atoms with Gasteiger partial charge in [0.15, 0.2) is 5.70 Å². The Morgan fingerprint density at radius 1 is 1.00 bits per heavy atom. The van der Waals surface area contributed by atoms with Crippen LogP contribution in [-0.2, 0) is 16.1 Å². The Morgan fingerprint density at radius 2 is 1.73 bits per heavy atom. The van der Waals surface area contributed by atoms with E-state index in [1.54, 1.807) is 6.08 Å². The summed E-state index contributed by atoms with van der Waals surface area (Å²) >= 11 is 7.91. The van der Waals surface area contributed by atoms with Crippen molar-refractivity contribution in [3.8, 4) is 5.75 Å². The summed E-state index contributed by atoms with van der Waals surface area (Å²) < 4.78 is 14.2. The molecule has 0 saturated heterocycles. The van der Waals surface area contributed by atoms with Crippen molar-refractivity contribution in [2.75, 3.05) is 0 Å². The van der Waals surface area contributed by atoms with E-state index < -0.39 is 5.97 Å². The summed E-state index contributed by atoms with van der Waals surface area (Å²) in [6.45, 7) is 0.500. The van der Waals surface area contributed by atoms with Gasteiger partial charge in [-0.1, -0.05) is 52.3 Å². The Bertz CT molecular complexity index is 1150. The van der Waals surface area contributed by atoms with Crippen LogP contribution in [0.5, 0.6) is 5.75 Å². The third kappa shape index (κ3) is 5.12. The molecule has 30 heavy (non-hydrogen) atoms. The number of aliphatic imine (C=N–C) groups is 1. The number of hydrogen-bond donors (Lipinski definition) is 0. The number of halogens is 3. The van der Waals surface area contributed by atoms with Gasteiger partial charge in [0, 0.05) is 10.0 Å². The van der Waals surface area contributed by atoms with E-state index in [-0.39, 0.29) is 5.70 Å². The molecule has 0 atom stereocenters. The molecule has 4 rings (SSSR count). The van der Waals surface area contributed by atoms with Gasteiger partial charge in [0.2, 0.25) is 5.90 Å². The van der Waals surface area contributed by atoms with Gasteiger partial charge >= 0.3 is 5.97 Å². The molecule has 0 radical (unpaired) electrons. The second kappa shape index (κ2) is 9.61. The number of carbonyl (C=O) groups excluding carboxylic acids is 1. The van der Waals surface area contributed by atoms with Crippen molar-refractivity contribution >= 4 is 79.1 Å². The van der Waals surface area contributed by atoms with E-state index in [1.165, 1.54) is 0 Å². The highest BCUT2D eigenvalue weighted by Crippen LogP contribution is 2.31. The summed E-state index contributed by atoms with van der Waals surface area (Å²) in [6.07, 6.45) is 1.73. The van der Waals surface area contributed by atoms with Gasteiger partial charge in [-0.05, 0) is 92.7 Å². The zero-order chi connectivity index (χ0) is 21.1. The van der Waals surface area contributed by atoms with Crippen molar-refractivity contribution < 1.29 is 14.3 Å². The minimum atomic E-state index is -0.459. The van der Waals surface area contributed by atoms with Crippen LogP contribution in [0.15, 0.2) is 81.9 Å². The van der Waals surface area contributed by atoms with Crippen LogP contribution < -0.4 is 4.74 Å². The van der Waals surface area contributed by atoms with E-state index in [1.807, 2.05) is 66.7 Å². The molecule has 0 unspecified atom stereocenters. The molecular weight excluding hydrogens is 672 g/mol. The van der Waals surface area contributed by atoms with Crippen molar-refractivity contribution in [1.29, 1.82) is 0 Å². The van der Waals surface area contributed by atoms with E-state index in [2.05, 4.69) is 66.1 Å². The number of nitrogens with zero attached hydrogens (tertiary/aromatic N) is 1. The second-order valence-electron chi connectivity index (χ2n) is 6.43. The summed E-state index contributed by atoms with van der Waals surface area (Å²) in [5, 5.41) is 0. The van der Waals surface area contributed by atoms with Crippen LogP contribution in [0.3, 0.4) is 0 Å². The van der Waals surface area contributed by atoms with Gasteiger partial charge in [0.25, 0.3) is 0 Å². The lowest BCUT2D eigenvalue weighted by Crippen LogP contribution is -2.05. The molecule has 0 aliphatic carbocycles. The van der Waals surface area contributed by atoms with Crippen molar-refractivity contribution in [3.05, 3.63) is 101 Å². The molecule has 4 nitrogen and oxygen atoms in total. The lowest BCUT2D eigenvalue weighted by molar-refractivity contribution is -0.129. The summed E-state index contributed by atoms with van der Waals surface area (Å²) in [5.74, 6) is 0.675. The fourth-order valence-electron chi connectivity index (χ4n) is 2.84. The van der Waals surface area contributed by atoms with Crippen LogP contribution in [0, 0.1) is 7.14 Å². The molecule has 1 aliphatic rings. The van der Waals surface area contributed by atoms with E-state index in [0.717, 1.165) is 34.1 Å². The first-order valence-corrected chi connectivity index (χ1v) is 11.9. The highest BCUT2D eigenvalue weighted by Gasteiger charge is 2.24. The van der Waals surface area contributed by atoms with Gasteiger partial charge < -0.3 is 9.47 Å². The van der Waals surface area contributed by atoms with Crippen LogP contribution in [0.2, 0.25) is 0 Å². The largest absolute Gasteiger partial charge is 0.487 e. The van der Waals surface area contributed by atoms with Gasteiger partial charge in [0.1, 0.15) is 12.4 Å². The number of benzene rings is 3. The van der Waals surface area contributed by atoms with Crippen molar-refractivity contribution in [3.63, 3.8) is 0 Å². The van der Waals surface area contributed by atoms with Crippen LogP contribution in [0.4, 0.5) is 0 Å². The van der Waals surface area contributed by atoms with Gasteiger partial charge in [0.05, 0.1) is 7.14 Å². The normalized spacial score (nSPS) is 14.6. The average Bonchev–Trinajstić information content (AvgIpc) is 3.08. The van der Waals surface area contributed by atoms with Crippen LogP contribution in [0.25, 0.3) is 6.08 Å². The number of hydrogen-bond acceptors (Lipinski definition) is 4. The molecule has 1 heterocycles. The summed E-state index contributed by atoms with van der Waals surface area (Å²) in [6, 6.07) is 21.5. The molecule has 1 aliphatic heterocycles. The third-order valence-electron chi connectivity index (χ3n) is 4.24. The Morgan fingerprint density at radius 3 is 2.43 bits per heavy atom. The molecule has 3 aromatic rings. The SMILES string of the molecule is O=C1OC(c2cccc(Br)c2)=N/C1=C\c1cc(I)c(OCc2ccccc2)c(I)c1. The average molecular weight is 686 g/mol. The van der Waals surface area contributed by atoms with E-state index in [0.29, 0.717) is 12.5 Å². The van der Waals surface area contributed by atoms with E-state index in [9.17, 15) is 4.79 Å². The summed E-state index contributed by atoms with van der Waals surface area (Å²) in [7, 11) is 0. The van der Waals surface area contributed by atoms with Crippen molar-refractivity contribution in [1.82, 2.24) is 0 Å². The van der Waals surface area contributed by atoms with Crippen molar-refractivity contribution in [2.24, 2.45) is 4.99 Å². The monoisotopic (exact) mass is 685 g/mol. The first kappa shape index (κ1) is 21.5. The number of esters is 1. The molecule has 0 saturated carbocycles. The quantitative estimate of drug-likeness (QED) is 0.173. The fraction of sp³-hybridized carbons (Fsp3) is 0.0435. The standard InChI is InChI=1S/C23H14BrI2NO3/c24-17-8-4-7-16(12-17)22-27-20(23(28)30-22)11-15-9-18(25)21(19(26)10-15)29-13-14-5-2-1-3-6-14/h1-12H,13H2/b20-11-. The number of cyclic esters (lactones) is 1. The highest BCUT2D eigenvalue weighted by molar-refractivity contribution is 14.1. The second-order valence-corrected chi connectivity index (χ2v) is 9.67. The third-order valence-corrected chi connectivity index (χ3v) is 6.34. The van der Waals surface area contributed by atoms with Gasteiger partial charge in [-0.3, -0.25) is 0 Å². The molecule has 0 fully saturated rings. The maximum Gasteiger partial charge on any atom is 0.363 e. The zero-order valence-corrected chi connectivity index (χ0v) is 21.3. The van der Waals surface area contributed by atoms with Gasteiger partial charge in [-0.25, -0.2) is 9.79 Å². The lowest BCUT2D eigenvalue weighted by Gasteiger charge is -2.11. The topological polar surface area (TPSA) is 47.9 Å². The smallest absolute Gasteiger partial charge is 0.363 e. The fourth-order valence-corrected chi connectivity index (χ4v) is 5.37.